The molecule has 0 amide bonds. The smallest absolute Gasteiger partial charge is 0.328 e. The van der Waals surface area contributed by atoms with Gasteiger partial charge in [-0.2, -0.15) is 5.26 Å². The Balaban J connectivity index is 3.34. The summed E-state index contributed by atoms with van der Waals surface area (Å²) in [4.78, 5) is 21.1. The number of carboxylic acid groups (broad SMARTS) is 1. The second-order valence-electron chi connectivity index (χ2n) is 3.08. The highest BCUT2D eigenvalue weighted by atomic mass is 16.5. The van der Waals surface area contributed by atoms with E-state index in [1.165, 1.54) is 25.3 Å². The van der Waals surface area contributed by atoms with Gasteiger partial charge in [0.1, 0.15) is 5.75 Å². The molecule has 0 bridgehead atoms. The van der Waals surface area contributed by atoms with Gasteiger partial charge in [-0.25, -0.2) is 4.79 Å². The third-order valence-electron chi connectivity index (χ3n) is 2.05. The van der Waals surface area contributed by atoms with Crippen LogP contribution in [0.2, 0.25) is 0 Å². The van der Waals surface area contributed by atoms with Crippen LogP contribution in [0.1, 0.15) is 21.5 Å². The fourth-order valence-electron chi connectivity index (χ4n) is 1.27. The monoisotopic (exact) mass is 231 g/mol. The molecule has 0 saturated carbocycles. The van der Waals surface area contributed by atoms with Gasteiger partial charge in [0.05, 0.1) is 18.7 Å². The highest BCUT2D eigenvalue weighted by molar-refractivity contribution is 5.87. The number of aldehydes is 1. The number of methoxy groups -OCH3 is 1. The Kier molecular flexibility index (Phi) is 4.01. The first-order chi connectivity index (χ1) is 8.12. The fraction of sp³-hybridized carbons (Fsp3) is 0.0833. The molecule has 0 aliphatic rings. The minimum atomic E-state index is -1.11. The number of rotatable bonds is 4. The molecule has 0 aromatic heterocycles. The highest BCUT2D eigenvalue weighted by Crippen LogP contribution is 2.23. The maximum absolute atomic E-state index is 10.7. The normalized spacial score (nSPS) is 9.88. The molecular weight excluding hydrogens is 222 g/mol. The Hall–Kier alpha value is -2.61. The molecule has 1 aromatic carbocycles. The molecule has 0 fully saturated rings. The zero-order valence-electron chi connectivity index (χ0n) is 9.01. The van der Waals surface area contributed by atoms with Crippen LogP contribution in [0.15, 0.2) is 18.2 Å². The molecular formula is C12H9NO4. The minimum absolute atomic E-state index is 0.172. The first kappa shape index (κ1) is 12.5. The van der Waals surface area contributed by atoms with Gasteiger partial charge in [0.15, 0.2) is 6.29 Å². The van der Waals surface area contributed by atoms with Gasteiger partial charge in [0, 0.05) is 17.2 Å². The van der Waals surface area contributed by atoms with E-state index in [4.69, 9.17) is 15.1 Å². The molecule has 5 heteroatoms. The van der Waals surface area contributed by atoms with Gasteiger partial charge in [-0.15, -0.1) is 0 Å². The average molecular weight is 231 g/mol. The zero-order chi connectivity index (χ0) is 12.8. The van der Waals surface area contributed by atoms with Crippen molar-refractivity contribution >= 4 is 18.3 Å². The molecule has 0 aliphatic carbocycles. The molecule has 0 atom stereocenters. The van der Waals surface area contributed by atoms with E-state index in [2.05, 4.69) is 0 Å². The average Bonchev–Trinajstić information content (AvgIpc) is 2.34. The number of ether oxygens (including phenoxy) is 1. The maximum Gasteiger partial charge on any atom is 0.328 e. The fourth-order valence-corrected chi connectivity index (χ4v) is 1.27. The summed E-state index contributed by atoms with van der Waals surface area (Å²) in [5.74, 6) is -0.770. The van der Waals surface area contributed by atoms with E-state index in [-0.39, 0.29) is 11.1 Å². The van der Waals surface area contributed by atoms with E-state index in [0.717, 1.165) is 6.08 Å². The molecule has 0 radical (unpaired) electrons. The summed E-state index contributed by atoms with van der Waals surface area (Å²) < 4.78 is 5.01. The van der Waals surface area contributed by atoms with Crippen molar-refractivity contribution in [2.24, 2.45) is 0 Å². The summed E-state index contributed by atoms with van der Waals surface area (Å²) in [6.45, 7) is 0. The first-order valence-corrected chi connectivity index (χ1v) is 4.60. The van der Waals surface area contributed by atoms with Crippen LogP contribution in [0.5, 0.6) is 5.75 Å². The summed E-state index contributed by atoms with van der Waals surface area (Å²) in [5.41, 5.74) is 0.805. The lowest BCUT2D eigenvalue weighted by Crippen LogP contribution is -1.95. The van der Waals surface area contributed by atoms with Crippen LogP contribution >= 0.6 is 0 Å². The van der Waals surface area contributed by atoms with Gasteiger partial charge >= 0.3 is 5.97 Å². The summed E-state index contributed by atoms with van der Waals surface area (Å²) in [7, 11) is 1.40. The molecule has 5 nitrogen and oxygen atoms in total. The van der Waals surface area contributed by atoms with Crippen molar-refractivity contribution in [1.82, 2.24) is 0 Å². The molecule has 17 heavy (non-hydrogen) atoms. The summed E-state index contributed by atoms with van der Waals surface area (Å²) in [6, 6.07) is 4.66. The van der Waals surface area contributed by atoms with Gasteiger partial charge in [-0.05, 0) is 18.2 Å². The van der Waals surface area contributed by atoms with Crippen molar-refractivity contribution in [2.45, 2.75) is 0 Å². The van der Waals surface area contributed by atoms with Gasteiger partial charge in [-0.1, -0.05) is 0 Å². The van der Waals surface area contributed by atoms with Gasteiger partial charge in [-0.3, -0.25) is 4.79 Å². The summed E-state index contributed by atoms with van der Waals surface area (Å²) in [6.07, 6.45) is 2.78. The number of carbonyl (C=O) groups excluding carboxylic acids is 1. The predicted molar refractivity (Wildman–Crippen MR) is 59.8 cm³/mol. The van der Waals surface area contributed by atoms with Crippen LogP contribution < -0.4 is 4.74 Å². The second kappa shape index (κ2) is 5.47. The second-order valence-corrected chi connectivity index (χ2v) is 3.08. The SMILES string of the molecule is COc1cc(C=O)c(C#N)cc1/C=C/C(=O)O. The first-order valence-electron chi connectivity index (χ1n) is 4.60. The molecule has 1 rings (SSSR count). The van der Waals surface area contributed by atoms with Gasteiger partial charge in [0.25, 0.3) is 0 Å². The number of hydrogen-bond donors (Lipinski definition) is 1. The standard InChI is InChI=1S/C12H9NO4/c1-17-11-5-10(7-14)9(6-13)4-8(11)2-3-12(15)16/h2-5,7H,1H3,(H,15,16)/b3-2+. The van der Waals surface area contributed by atoms with E-state index in [1.54, 1.807) is 0 Å². The molecule has 0 aliphatic heterocycles. The largest absolute Gasteiger partial charge is 0.496 e. The van der Waals surface area contributed by atoms with E-state index < -0.39 is 5.97 Å². The molecule has 1 aromatic rings. The van der Waals surface area contributed by atoms with E-state index in [0.29, 0.717) is 17.6 Å². The van der Waals surface area contributed by atoms with Crippen LogP contribution in [0, 0.1) is 11.3 Å². The third-order valence-corrected chi connectivity index (χ3v) is 2.05. The summed E-state index contributed by atoms with van der Waals surface area (Å²) in [5, 5.41) is 17.3. The van der Waals surface area contributed by atoms with Crippen molar-refractivity contribution < 1.29 is 19.4 Å². The van der Waals surface area contributed by atoms with Crippen LogP contribution in [-0.4, -0.2) is 24.5 Å². The molecule has 0 heterocycles. The molecule has 0 unspecified atom stereocenters. The van der Waals surface area contributed by atoms with Crippen LogP contribution in [-0.2, 0) is 4.79 Å². The molecule has 0 saturated heterocycles. The van der Waals surface area contributed by atoms with E-state index >= 15 is 0 Å². The molecule has 86 valence electrons. The Bertz CT molecular complexity index is 526. The van der Waals surface area contributed by atoms with E-state index in [1.807, 2.05) is 6.07 Å². The minimum Gasteiger partial charge on any atom is -0.496 e. The lowest BCUT2D eigenvalue weighted by atomic mass is 10.0. The molecule has 1 N–H and O–H groups in total. The van der Waals surface area contributed by atoms with Gasteiger partial charge < -0.3 is 9.84 Å². The van der Waals surface area contributed by atoms with Gasteiger partial charge in [0.2, 0.25) is 0 Å². The van der Waals surface area contributed by atoms with Crippen molar-refractivity contribution in [3.63, 3.8) is 0 Å². The van der Waals surface area contributed by atoms with Crippen molar-refractivity contribution in [3.8, 4) is 11.8 Å². The number of hydrogen-bond acceptors (Lipinski definition) is 4. The number of nitrogens with zero attached hydrogens (tertiary/aromatic N) is 1. The Morgan fingerprint density at radius 2 is 2.18 bits per heavy atom. The topological polar surface area (TPSA) is 87.4 Å². The predicted octanol–water partition coefficient (Wildman–Crippen LogP) is 1.48. The van der Waals surface area contributed by atoms with Crippen LogP contribution in [0.4, 0.5) is 0 Å². The maximum atomic E-state index is 10.7. The number of carboxylic acids is 1. The third kappa shape index (κ3) is 2.92. The van der Waals surface area contributed by atoms with Crippen molar-refractivity contribution in [3.05, 3.63) is 34.9 Å². The van der Waals surface area contributed by atoms with Crippen LogP contribution in [0.25, 0.3) is 6.08 Å². The molecule has 0 spiro atoms. The quantitative estimate of drug-likeness (QED) is 0.626. The Labute approximate surface area is 97.6 Å². The van der Waals surface area contributed by atoms with Crippen molar-refractivity contribution in [2.75, 3.05) is 7.11 Å². The summed E-state index contributed by atoms with van der Waals surface area (Å²) >= 11 is 0. The Morgan fingerprint density at radius 1 is 1.47 bits per heavy atom. The number of carbonyl (C=O) groups is 2. The number of nitriles is 1. The van der Waals surface area contributed by atoms with E-state index in [9.17, 15) is 9.59 Å². The zero-order valence-corrected chi connectivity index (χ0v) is 9.01. The van der Waals surface area contributed by atoms with Crippen molar-refractivity contribution in [1.29, 1.82) is 5.26 Å². The number of aliphatic carboxylic acids is 1. The lowest BCUT2D eigenvalue weighted by Gasteiger charge is -2.06. The highest BCUT2D eigenvalue weighted by Gasteiger charge is 2.08. The lowest BCUT2D eigenvalue weighted by molar-refractivity contribution is -0.131. The number of benzene rings is 1. The van der Waals surface area contributed by atoms with Crippen LogP contribution in [0.3, 0.4) is 0 Å². The Morgan fingerprint density at radius 3 is 2.65 bits per heavy atom.